The van der Waals surface area contributed by atoms with Crippen molar-refractivity contribution in [2.75, 3.05) is 0 Å². The molecule has 0 bridgehead atoms. The van der Waals surface area contributed by atoms with Gasteiger partial charge in [0.1, 0.15) is 5.02 Å². The molecule has 0 saturated heterocycles. The summed E-state index contributed by atoms with van der Waals surface area (Å²) in [4.78, 5) is 19.0. The number of nitro benzene ring substituents is 1. The second-order valence-electron chi connectivity index (χ2n) is 3.88. The minimum Gasteiger partial charge on any atom is -0.258 e. The van der Waals surface area contributed by atoms with Gasteiger partial charge in [0, 0.05) is 0 Å². The van der Waals surface area contributed by atoms with Crippen molar-refractivity contribution < 1.29 is 4.92 Å². The molecule has 0 saturated carbocycles. The van der Waals surface area contributed by atoms with E-state index in [1.54, 1.807) is 19.9 Å². The van der Waals surface area contributed by atoms with Gasteiger partial charge in [-0.15, -0.1) is 0 Å². The molecule has 1 aromatic heterocycles. The summed E-state index contributed by atoms with van der Waals surface area (Å²) in [6.07, 6.45) is 0. The molecule has 0 radical (unpaired) electrons. The number of fused-ring (bicyclic) bond motifs is 1. The largest absolute Gasteiger partial charge is 0.315 e. The van der Waals surface area contributed by atoms with Crippen molar-refractivity contribution >= 4 is 28.3 Å². The van der Waals surface area contributed by atoms with Gasteiger partial charge in [-0.25, -0.2) is 9.97 Å². The van der Waals surface area contributed by atoms with E-state index in [0.717, 1.165) is 5.69 Å². The Bertz CT molecular complexity index is 635. The molecule has 1 heterocycles. The van der Waals surface area contributed by atoms with Crippen molar-refractivity contribution in [2.24, 2.45) is 0 Å². The van der Waals surface area contributed by atoms with Gasteiger partial charge in [0.2, 0.25) is 0 Å². The lowest BCUT2D eigenvalue weighted by Gasteiger charge is -2.06. The number of nitro groups is 1. The van der Waals surface area contributed by atoms with Crippen LogP contribution >= 0.6 is 11.6 Å². The molecule has 88 valence electrons. The number of aryl methyl sites for hydroxylation is 3. The third-order valence-electron chi connectivity index (χ3n) is 2.65. The number of nitrogens with zero attached hydrogens (tertiary/aromatic N) is 3. The van der Waals surface area contributed by atoms with Crippen LogP contribution < -0.4 is 0 Å². The summed E-state index contributed by atoms with van der Waals surface area (Å²) in [5.74, 6) is 0. The fourth-order valence-electron chi connectivity index (χ4n) is 1.62. The van der Waals surface area contributed by atoms with Crippen molar-refractivity contribution in [3.8, 4) is 0 Å². The first kappa shape index (κ1) is 11.7. The first-order chi connectivity index (χ1) is 7.91. The normalized spacial score (nSPS) is 10.8. The third kappa shape index (κ3) is 1.82. The molecule has 0 aliphatic rings. The van der Waals surface area contributed by atoms with Crippen LogP contribution in [0.5, 0.6) is 0 Å². The van der Waals surface area contributed by atoms with Crippen molar-refractivity contribution in [1.82, 2.24) is 9.97 Å². The van der Waals surface area contributed by atoms with Gasteiger partial charge in [-0.3, -0.25) is 10.1 Å². The maximum atomic E-state index is 11.0. The Morgan fingerprint density at radius 2 is 1.82 bits per heavy atom. The number of halogens is 1. The molecule has 5 nitrogen and oxygen atoms in total. The minimum atomic E-state index is -0.513. The van der Waals surface area contributed by atoms with Gasteiger partial charge in [0.25, 0.3) is 0 Å². The number of hydrogen-bond acceptors (Lipinski definition) is 4. The van der Waals surface area contributed by atoms with E-state index in [2.05, 4.69) is 9.97 Å². The first-order valence-corrected chi connectivity index (χ1v) is 5.38. The molecule has 0 N–H and O–H groups in total. The van der Waals surface area contributed by atoms with Crippen molar-refractivity contribution in [3.63, 3.8) is 0 Å². The zero-order valence-corrected chi connectivity index (χ0v) is 10.4. The topological polar surface area (TPSA) is 68.9 Å². The molecule has 2 rings (SSSR count). The Hall–Kier alpha value is -1.75. The summed E-state index contributed by atoms with van der Waals surface area (Å²) < 4.78 is 0. The van der Waals surface area contributed by atoms with E-state index in [9.17, 15) is 10.1 Å². The molecule has 17 heavy (non-hydrogen) atoms. The van der Waals surface area contributed by atoms with E-state index in [1.807, 2.05) is 6.92 Å². The SMILES string of the molecule is Cc1cc2nc(C)c(C)nc2c([N+](=O)[O-])c1Cl. The fourth-order valence-corrected chi connectivity index (χ4v) is 1.83. The van der Waals surface area contributed by atoms with E-state index < -0.39 is 4.92 Å². The molecule has 0 atom stereocenters. The van der Waals surface area contributed by atoms with Crippen LogP contribution in [0, 0.1) is 30.9 Å². The van der Waals surface area contributed by atoms with Crippen molar-refractivity contribution in [1.29, 1.82) is 0 Å². The highest BCUT2D eigenvalue weighted by atomic mass is 35.5. The lowest BCUT2D eigenvalue weighted by molar-refractivity contribution is -0.383. The monoisotopic (exact) mass is 251 g/mol. The molecule has 0 aliphatic heterocycles. The smallest absolute Gasteiger partial charge is 0.258 e. The van der Waals surface area contributed by atoms with Gasteiger partial charge in [0.15, 0.2) is 5.52 Å². The summed E-state index contributed by atoms with van der Waals surface area (Å²) in [7, 11) is 0. The van der Waals surface area contributed by atoms with Crippen LogP contribution in [-0.4, -0.2) is 14.9 Å². The standard InChI is InChI=1S/C11H10ClN3O2/c1-5-4-8-10(11(9(5)12)15(16)17)14-7(3)6(2)13-8/h4H,1-3H3. The lowest BCUT2D eigenvalue weighted by Crippen LogP contribution is -1.99. The van der Waals surface area contributed by atoms with Gasteiger partial charge >= 0.3 is 5.69 Å². The quantitative estimate of drug-likeness (QED) is 0.577. The molecule has 2 aromatic rings. The maximum absolute atomic E-state index is 11.0. The Kier molecular flexibility index (Phi) is 2.71. The fraction of sp³-hybridized carbons (Fsp3) is 0.273. The minimum absolute atomic E-state index is 0.125. The van der Waals surface area contributed by atoms with Crippen LogP contribution in [0.1, 0.15) is 17.0 Å². The Balaban J connectivity index is 2.98. The van der Waals surface area contributed by atoms with E-state index in [1.165, 1.54) is 0 Å². The number of rotatable bonds is 1. The van der Waals surface area contributed by atoms with Gasteiger partial charge in [0.05, 0.1) is 21.8 Å². The zero-order valence-electron chi connectivity index (χ0n) is 9.61. The summed E-state index contributed by atoms with van der Waals surface area (Å²) in [6.45, 7) is 5.29. The van der Waals surface area contributed by atoms with Gasteiger partial charge in [-0.05, 0) is 32.4 Å². The predicted molar refractivity (Wildman–Crippen MR) is 65.4 cm³/mol. The van der Waals surface area contributed by atoms with Gasteiger partial charge in [-0.2, -0.15) is 0 Å². The molecule has 0 aliphatic carbocycles. The van der Waals surface area contributed by atoms with Gasteiger partial charge in [-0.1, -0.05) is 11.6 Å². The van der Waals surface area contributed by atoms with Crippen LogP contribution in [0.3, 0.4) is 0 Å². The molecule has 0 amide bonds. The average Bonchev–Trinajstić information content (AvgIpc) is 2.23. The van der Waals surface area contributed by atoms with Crippen LogP contribution in [-0.2, 0) is 0 Å². The molecule has 6 heteroatoms. The van der Waals surface area contributed by atoms with E-state index in [-0.39, 0.29) is 16.2 Å². The van der Waals surface area contributed by atoms with E-state index in [0.29, 0.717) is 16.8 Å². The van der Waals surface area contributed by atoms with E-state index in [4.69, 9.17) is 11.6 Å². The molecule has 0 fully saturated rings. The molecular formula is C11H10ClN3O2. The van der Waals surface area contributed by atoms with E-state index >= 15 is 0 Å². The van der Waals surface area contributed by atoms with Crippen LogP contribution in [0.25, 0.3) is 11.0 Å². The molecule has 0 spiro atoms. The van der Waals surface area contributed by atoms with Crippen molar-refractivity contribution in [2.45, 2.75) is 20.8 Å². The third-order valence-corrected chi connectivity index (χ3v) is 3.13. The predicted octanol–water partition coefficient (Wildman–Crippen LogP) is 3.12. The highest BCUT2D eigenvalue weighted by molar-refractivity contribution is 6.34. The highest BCUT2D eigenvalue weighted by Gasteiger charge is 2.22. The summed E-state index contributed by atoms with van der Waals surface area (Å²) in [5, 5.41) is 11.2. The number of aromatic nitrogens is 2. The molecule has 0 unspecified atom stereocenters. The summed E-state index contributed by atoms with van der Waals surface area (Å²) in [5.41, 5.74) is 2.63. The van der Waals surface area contributed by atoms with Crippen molar-refractivity contribution in [3.05, 3.63) is 38.2 Å². The van der Waals surface area contributed by atoms with Crippen LogP contribution in [0.15, 0.2) is 6.07 Å². The van der Waals surface area contributed by atoms with Crippen LogP contribution in [0.2, 0.25) is 5.02 Å². The lowest BCUT2D eigenvalue weighted by atomic mass is 10.1. The first-order valence-electron chi connectivity index (χ1n) is 5.00. The Morgan fingerprint density at radius 3 is 2.41 bits per heavy atom. The second-order valence-corrected chi connectivity index (χ2v) is 4.25. The number of benzene rings is 1. The Labute approximate surface area is 103 Å². The zero-order chi connectivity index (χ0) is 12.7. The maximum Gasteiger partial charge on any atom is 0.315 e. The second kappa shape index (κ2) is 3.92. The summed E-state index contributed by atoms with van der Waals surface area (Å²) >= 11 is 5.95. The summed E-state index contributed by atoms with van der Waals surface area (Å²) in [6, 6.07) is 1.71. The molecule has 1 aromatic carbocycles. The highest BCUT2D eigenvalue weighted by Crippen LogP contribution is 2.34. The average molecular weight is 252 g/mol. The Morgan fingerprint density at radius 1 is 1.24 bits per heavy atom. The molecular weight excluding hydrogens is 242 g/mol. The van der Waals surface area contributed by atoms with Crippen LogP contribution in [0.4, 0.5) is 5.69 Å². The number of hydrogen-bond donors (Lipinski definition) is 0. The van der Waals surface area contributed by atoms with Gasteiger partial charge < -0.3 is 0 Å².